The summed E-state index contributed by atoms with van der Waals surface area (Å²) in [5, 5.41) is 0.125. The van der Waals surface area contributed by atoms with Gasteiger partial charge in [0, 0.05) is 5.02 Å². The third-order valence-corrected chi connectivity index (χ3v) is 1.83. The van der Waals surface area contributed by atoms with Crippen LogP contribution in [-0.4, -0.2) is 0 Å². The number of hydrogen-bond acceptors (Lipinski definition) is 1. The largest absolute Gasteiger partial charge is 0.435 e. The van der Waals surface area contributed by atoms with Crippen molar-refractivity contribution in [2.45, 2.75) is 0 Å². The molecule has 0 spiro atoms. The molecule has 0 atom stereocenters. The van der Waals surface area contributed by atoms with Crippen LogP contribution in [0.15, 0.2) is 24.3 Å². The van der Waals surface area contributed by atoms with Gasteiger partial charge >= 0.3 is 10.5 Å². The molecule has 0 heterocycles. The third-order valence-electron chi connectivity index (χ3n) is 1.07. The molecule has 0 amide bonds. The predicted octanol–water partition coefficient (Wildman–Crippen LogP) is 4.93. The first-order valence-electron chi connectivity index (χ1n) is 3.15. The van der Waals surface area contributed by atoms with E-state index in [1.54, 1.807) is 0 Å². The molecule has 0 saturated heterocycles. The fourth-order valence-corrected chi connectivity index (χ4v) is 1.27. The van der Waals surface area contributed by atoms with E-state index < -0.39 is 16.3 Å². The van der Waals surface area contributed by atoms with Gasteiger partial charge in [0.15, 0.2) is 0 Å². The van der Waals surface area contributed by atoms with E-state index in [1.165, 1.54) is 0 Å². The Morgan fingerprint density at radius 2 is 1.36 bits per heavy atom. The minimum atomic E-state index is -9.85. The topological polar surface area (TPSA) is 9.23 Å². The first-order chi connectivity index (χ1) is 5.95. The monoisotopic (exact) mass is 254 g/mol. The standard InChI is InChI=1S/C6H4ClF5OS/c7-5-1-3-6(4-2-5)13-14(8,9,10,11)12/h1-4H. The minimum Gasteiger partial charge on any atom is -0.355 e. The lowest BCUT2D eigenvalue weighted by molar-refractivity contribution is 0.243. The minimum absolute atomic E-state index is 0.125. The summed E-state index contributed by atoms with van der Waals surface area (Å²) >= 11 is 5.34. The Balaban J connectivity index is 2.97. The van der Waals surface area contributed by atoms with E-state index in [0.717, 1.165) is 12.1 Å². The van der Waals surface area contributed by atoms with Crippen LogP contribution >= 0.6 is 22.1 Å². The number of benzene rings is 1. The molecule has 1 nitrogen and oxygen atoms in total. The fourth-order valence-electron chi connectivity index (χ4n) is 0.672. The van der Waals surface area contributed by atoms with Crippen molar-refractivity contribution in [3.63, 3.8) is 0 Å². The summed E-state index contributed by atoms with van der Waals surface area (Å²) in [7, 11) is -9.85. The van der Waals surface area contributed by atoms with E-state index in [0.29, 0.717) is 12.1 Å². The van der Waals surface area contributed by atoms with Crippen molar-refractivity contribution < 1.29 is 23.6 Å². The van der Waals surface area contributed by atoms with Crippen LogP contribution in [0, 0.1) is 0 Å². The van der Waals surface area contributed by atoms with E-state index in [2.05, 4.69) is 4.18 Å². The summed E-state index contributed by atoms with van der Waals surface area (Å²) in [4.78, 5) is 0. The Morgan fingerprint density at radius 1 is 0.929 bits per heavy atom. The molecule has 0 aromatic heterocycles. The Hall–Kier alpha value is -0.690. The Morgan fingerprint density at radius 3 is 1.71 bits per heavy atom. The van der Waals surface area contributed by atoms with Crippen molar-refractivity contribution in [1.82, 2.24) is 0 Å². The number of halogens is 6. The lowest BCUT2D eigenvalue weighted by Gasteiger charge is -2.39. The maximum Gasteiger partial charge on any atom is 0.435 e. The highest BCUT2D eigenvalue weighted by molar-refractivity contribution is 8.42. The summed E-state index contributed by atoms with van der Waals surface area (Å²) < 4.78 is 61.5. The van der Waals surface area contributed by atoms with Gasteiger partial charge in [-0.3, -0.25) is 0 Å². The van der Waals surface area contributed by atoms with Gasteiger partial charge in [0.25, 0.3) is 0 Å². The van der Waals surface area contributed by atoms with Gasteiger partial charge in [0.2, 0.25) is 0 Å². The second kappa shape index (κ2) is 2.46. The second-order valence-corrected chi connectivity index (χ2v) is 4.83. The molecule has 0 N–H and O–H groups in total. The molecule has 0 unspecified atom stereocenters. The van der Waals surface area contributed by atoms with Crippen molar-refractivity contribution >= 4 is 22.1 Å². The smallest absolute Gasteiger partial charge is 0.355 e. The van der Waals surface area contributed by atoms with Crippen LogP contribution in [0.3, 0.4) is 0 Å². The van der Waals surface area contributed by atoms with Crippen LogP contribution in [0.1, 0.15) is 0 Å². The van der Waals surface area contributed by atoms with Crippen LogP contribution in [-0.2, 0) is 0 Å². The van der Waals surface area contributed by atoms with Crippen LogP contribution in [0.25, 0.3) is 0 Å². The third kappa shape index (κ3) is 4.52. The fraction of sp³-hybridized carbons (Fsp3) is 0. The van der Waals surface area contributed by atoms with Gasteiger partial charge in [0.05, 0.1) is 0 Å². The van der Waals surface area contributed by atoms with Crippen LogP contribution in [0.2, 0.25) is 5.02 Å². The van der Waals surface area contributed by atoms with Crippen molar-refractivity contribution in [3.05, 3.63) is 29.3 Å². The van der Waals surface area contributed by atoms with Gasteiger partial charge < -0.3 is 4.18 Å². The normalized spacial score (nSPS) is 17.0. The van der Waals surface area contributed by atoms with Crippen LogP contribution in [0.4, 0.5) is 19.4 Å². The molecule has 0 aliphatic carbocycles. The molecule has 8 heteroatoms. The zero-order chi connectivity index (χ0) is 11.1. The maximum atomic E-state index is 11.7. The average Bonchev–Trinajstić information content (AvgIpc) is 1.88. The first-order valence-corrected chi connectivity index (χ1v) is 5.41. The number of hydrogen-bond donors (Lipinski definition) is 0. The SMILES string of the molecule is FS(F)(F)(F)(F)Oc1ccc(Cl)cc1. The van der Waals surface area contributed by atoms with E-state index in [4.69, 9.17) is 11.6 Å². The lowest BCUT2D eigenvalue weighted by atomic mass is 10.3. The summed E-state index contributed by atoms with van der Waals surface area (Å²) in [5.41, 5.74) is 0. The van der Waals surface area contributed by atoms with E-state index >= 15 is 0 Å². The Kier molecular flexibility index (Phi) is 2.00. The first kappa shape index (κ1) is 11.4. The van der Waals surface area contributed by atoms with Gasteiger partial charge in [-0.05, 0) is 24.3 Å². The highest BCUT2D eigenvalue weighted by Crippen LogP contribution is 2.97. The van der Waals surface area contributed by atoms with Gasteiger partial charge in [-0.2, -0.15) is 0 Å². The molecule has 0 fully saturated rings. The highest BCUT2D eigenvalue weighted by Gasteiger charge is 2.67. The van der Waals surface area contributed by atoms with Gasteiger partial charge in [0.1, 0.15) is 5.75 Å². The molecule has 0 aliphatic rings. The summed E-state index contributed by atoms with van der Waals surface area (Å²) in [6.45, 7) is 0. The lowest BCUT2D eigenvalue weighted by Crippen LogP contribution is -2.13. The number of rotatable bonds is 2. The molecule has 0 bridgehead atoms. The van der Waals surface area contributed by atoms with Gasteiger partial charge in [-0.1, -0.05) is 31.0 Å². The van der Waals surface area contributed by atoms with Crippen molar-refractivity contribution in [2.24, 2.45) is 0 Å². The molecule has 1 aromatic carbocycles. The summed E-state index contributed by atoms with van der Waals surface area (Å²) in [6, 6.07) is 3.45. The summed E-state index contributed by atoms with van der Waals surface area (Å²) in [5.74, 6) is -0.992. The van der Waals surface area contributed by atoms with E-state index in [-0.39, 0.29) is 5.02 Å². The van der Waals surface area contributed by atoms with Crippen molar-refractivity contribution in [2.75, 3.05) is 0 Å². The molecule has 82 valence electrons. The molecule has 0 saturated carbocycles. The Labute approximate surface area is 81.4 Å². The van der Waals surface area contributed by atoms with E-state index in [9.17, 15) is 19.4 Å². The van der Waals surface area contributed by atoms with Crippen molar-refractivity contribution in [1.29, 1.82) is 0 Å². The zero-order valence-corrected chi connectivity index (χ0v) is 7.97. The highest BCUT2D eigenvalue weighted by atomic mass is 35.5. The average molecular weight is 255 g/mol. The molecule has 1 rings (SSSR count). The zero-order valence-electron chi connectivity index (χ0n) is 6.39. The molecule has 14 heavy (non-hydrogen) atoms. The summed E-state index contributed by atoms with van der Waals surface area (Å²) in [6.07, 6.45) is 0. The molecular weight excluding hydrogens is 251 g/mol. The van der Waals surface area contributed by atoms with Crippen molar-refractivity contribution in [3.8, 4) is 5.75 Å². The molecule has 1 aromatic rings. The molecule has 0 radical (unpaired) electrons. The molecule has 0 aliphatic heterocycles. The second-order valence-electron chi connectivity index (χ2n) is 2.44. The van der Waals surface area contributed by atoms with Crippen LogP contribution in [0.5, 0.6) is 5.75 Å². The Bertz CT molecular complexity index is 343. The van der Waals surface area contributed by atoms with Crippen LogP contribution < -0.4 is 4.18 Å². The van der Waals surface area contributed by atoms with Gasteiger partial charge in [-0.15, -0.1) is 0 Å². The van der Waals surface area contributed by atoms with Gasteiger partial charge in [-0.25, -0.2) is 0 Å². The quantitative estimate of drug-likeness (QED) is 0.680. The maximum absolute atomic E-state index is 11.7. The molecular formula is C6H4ClF5OS. The van der Waals surface area contributed by atoms with E-state index in [1.807, 2.05) is 0 Å². The predicted molar refractivity (Wildman–Crippen MR) is 45.2 cm³/mol.